The third-order valence-corrected chi connectivity index (χ3v) is 4.37. The minimum atomic E-state index is -0.118. The van der Waals surface area contributed by atoms with E-state index in [2.05, 4.69) is 48.5 Å². The molecule has 0 atom stereocenters. The molecule has 19 heavy (non-hydrogen) atoms. The standard InChI is InChI=1S/C14H8BrIN2O/c15-9-5-3-6-10(16)12(9)13-17-11-7-2-1-4-8(11)14(19)18-13/h1-7H,(H,17,18,19). The second-order valence-corrected chi connectivity index (χ2v) is 6.04. The summed E-state index contributed by atoms with van der Waals surface area (Å²) in [5.74, 6) is 0.584. The monoisotopic (exact) mass is 426 g/mol. The lowest BCUT2D eigenvalue weighted by Crippen LogP contribution is -2.10. The van der Waals surface area contributed by atoms with Crippen LogP contribution in [0.1, 0.15) is 0 Å². The molecule has 0 aliphatic carbocycles. The number of rotatable bonds is 1. The molecule has 3 nitrogen and oxygen atoms in total. The van der Waals surface area contributed by atoms with Crippen molar-refractivity contribution in [3.05, 3.63) is 60.9 Å². The Morgan fingerprint density at radius 3 is 2.68 bits per heavy atom. The average molecular weight is 427 g/mol. The molecule has 5 heteroatoms. The summed E-state index contributed by atoms with van der Waals surface area (Å²) < 4.78 is 1.95. The van der Waals surface area contributed by atoms with Crippen LogP contribution in [0.3, 0.4) is 0 Å². The summed E-state index contributed by atoms with van der Waals surface area (Å²) in [4.78, 5) is 19.5. The van der Waals surface area contributed by atoms with Crippen LogP contribution in [-0.2, 0) is 0 Å². The molecular weight excluding hydrogens is 419 g/mol. The van der Waals surface area contributed by atoms with Crippen LogP contribution in [0.4, 0.5) is 0 Å². The molecule has 0 amide bonds. The van der Waals surface area contributed by atoms with Gasteiger partial charge in [0.2, 0.25) is 0 Å². The highest BCUT2D eigenvalue weighted by atomic mass is 127. The molecule has 3 aromatic rings. The summed E-state index contributed by atoms with van der Waals surface area (Å²) in [5.41, 5.74) is 1.49. The first kappa shape index (κ1) is 12.8. The summed E-state index contributed by atoms with van der Waals surface area (Å²) in [6.07, 6.45) is 0. The van der Waals surface area contributed by atoms with Gasteiger partial charge in [-0.05, 0) is 46.9 Å². The van der Waals surface area contributed by atoms with Crippen molar-refractivity contribution in [3.63, 3.8) is 0 Å². The van der Waals surface area contributed by atoms with Crippen LogP contribution >= 0.6 is 38.5 Å². The number of hydrogen-bond donors (Lipinski definition) is 1. The molecule has 2 aromatic carbocycles. The van der Waals surface area contributed by atoms with E-state index >= 15 is 0 Å². The number of H-pyrrole nitrogens is 1. The van der Waals surface area contributed by atoms with E-state index in [0.29, 0.717) is 16.7 Å². The number of aromatic nitrogens is 2. The van der Waals surface area contributed by atoms with Gasteiger partial charge in [0.05, 0.1) is 10.9 Å². The molecule has 1 heterocycles. The molecule has 0 aliphatic heterocycles. The topological polar surface area (TPSA) is 45.8 Å². The summed E-state index contributed by atoms with van der Waals surface area (Å²) in [6, 6.07) is 13.2. The van der Waals surface area contributed by atoms with Gasteiger partial charge >= 0.3 is 0 Å². The summed E-state index contributed by atoms with van der Waals surface area (Å²) in [6.45, 7) is 0. The van der Waals surface area contributed by atoms with Gasteiger partial charge in [0.1, 0.15) is 5.82 Å². The van der Waals surface area contributed by atoms with Crippen molar-refractivity contribution in [1.29, 1.82) is 0 Å². The number of para-hydroxylation sites is 1. The molecule has 0 spiro atoms. The summed E-state index contributed by atoms with van der Waals surface area (Å²) in [7, 11) is 0. The van der Waals surface area contributed by atoms with Crippen molar-refractivity contribution in [1.82, 2.24) is 9.97 Å². The fraction of sp³-hybridized carbons (Fsp3) is 0. The van der Waals surface area contributed by atoms with Gasteiger partial charge in [-0.1, -0.05) is 34.1 Å². The van der Waals surface area contributed by atoms with Crippen molar-refractivity contribution in [3.8, 4) is 11.4 Å². The van der Waals surface area contributed by atoms with Crippen LogP contribution in [0.15, 0.2) is 51.7 Å². The van der Waals surface area contributed by atoms with E-state index in [0.717, 1.165) is 13.6 Å². The van der Waals surface area contributed by atoms with Gasteiger partial charge in [0, 0.05) is 13.6 Å². The van der Waals surface area contributed by atoms with Gasteiger partial charge in [-0.3, -0.25) is 4.79 Å². The van der Waals surface area contributed by atoms with Gasteiger partial charge in [0.15, 0.2) is 0 Å². The number of halogens is 2. The molecule has 3 rings (SSSR count). The van der Waals surface area contributed by atoms with Crippen molar-refractivity contribution in [2.24, 2.45) is 0 Å². The highest BCUT2D eigenvalue weighted by molar-refractivity contribution is 14.1. The Hall–Kier alpha value is -1.21. The molecular formula is C14H8BrIN2O. The van der Waals surface area contributed by atoms with Crippen LogP contribution < -0.4 is 5.56 Å². The van der Waals surface area contributed by atoms with Gasteiger partial charge < -0.3 is 4.98 Å². The smallest absolute Gasteiger partial charge is 0.259 e. The predicted molar refractivity (Wildman–Crippen MR) is 88.2 cm³/mol. The molecule has 0 unspecified atom stereocenters. The van der Waals surface area contributed by atoms with Gasteiger partial charge in [0.25, 0.3) is 5.56 Å². The molecule has 0 aliphatic rings. The Kier molecular flexibility index (Phi) is 3.40. The van der Waals surface area contributed by atoms with Crippen LogP contribution in [0.25, 0.3) is 22.3 Å². The predicted octanol–water partition coefficient (Wildman–Crippen LogP) is 3.96. The molecule has 1 aromatic heterocycles. The van der Waals surface area contributed by atoms with Crippen LogP contribution in [-0.4, -0.2) is 9.97 Å². The zero-order valence-corrected chi connectivity index (χ0v) is 13.4. The van der Waals surface area contributed by atoms with E-state index in [-0.39, 0.29) is 5.56 Å². The van der Waals surface area contributed by atoms with Crippen molar-refractivity contribution >= 4 is 49.4 Å². The number of hydrogen-bond acceptors (Lipinski definition) is 2. The minimum Gasteiger partial charge on any atom is -0.306 e. The van der Waals surface area contributed by atoms with Gasteiger partial charge in [-0.2, -0.15) is 0 Å². The van der Waals surface area contributed by atoms with E-state index in [1.165, 1.54) is 0 Å². The number of nitrogens with zero attached hydrogens (tertiary/aromatic N) is 1. The number of nitrogens with one attached hydrogen (secondary N) is 1. The maximum absolute atomic E-state index is 12.1. The maximum Gasteiger partial charge on any atom is 0.259 e. The first-order valence-electron chi connectivity index (χ1n) is 5.60. The van der Waals surface area contributed by atoms with Crippen molar-refractivity contribution in [2.75, 3.05) is 0 Å². The SMILES string of the molecule is O=c1[nH]c(-c2c(Br)cccc2I)nc2ccccc12. The minimum absolute atomic E-state index is 0.118. The Balaban J connectivity index is 2.35. The molecule has 0 bridgehead atoms. The van der Waals surface area contributed by atoms with E-state index in [9.17, 15) is 4.79 Å². The zero-order valence-electron chi connectivity index (χ0n) is 9.65. The molecule has 94 valence electrons. The summed E-state index contributed by atoms with van der Waals surface area (Å²) >= 11 is 5.74. The number of fused-ring (bicyclic) bond motifs is 1. The van der Waals surface area contributed by atoms with Gasteiger partial charge in [-0.25, -0.2) is 4.98 Å². The molecule has 1 N–H and O–H groups in total. The molecule has 0 fully saturated rings. The van der Waals surface area contributed by atoms with E-state index in [1.54, 1.807) is 6.07 Å². The summed E-state index contributed by atoms with van der Waals surface area (Å²) in [5, 5.41) is 0.605. The fourth-order valence-corrected chi connectivity index (χ4v) is 3.61. The maximum atomic E-state index is 12.1. The third kappa shape index (κ3) is 2.32. The largest absolute Gasteiger partial charge is 0.306 e. The van der Waals surface area contributed by atoms with Crippen LogP contribution in [0.5, 0.6) is 0 Å². The lowest BCUT2D eigenvalue weighted by molar-refractivity contribution is 1.17. The van der Waals surface area contributed by atoms with Crippen molar-refractivity contribution in [2.45, 2.75) is 0 Å². The lowest BCUT2D eigenvalue weighted by Gasteiger charge is -2.07. The number of benzene rings is 2. The first-order valence-corrected chi connectivity index (χ1v) is 7.47. The highest BCUT2D eigenvalue weighted by Gasteiger charge is 2.11. The van der Waals surface area contributed by atoms with E-state index in [4.69, 9.17) is 0 Å². The Morgan fingerprint density at radius 1 is 1.11 bits per heavy atom. The fourth-order valence-electron chi connectivity index (χ4n) is 1.93. The van der Waals surface area contributed by atoms with Crippen molar-refractivity contribution < 1.29 is 0 Å². The van der Waals surface area contributed by atoms with E-state index < -0.39 is 0 Å². The Labute approximate surface area is 131 Å². The highest BCUT2D eigenvalue weighted by Crippen LogP contribution is 2.30. The number of aromatic amines is 1. The van der Waals surface area contributed by atoms with Gasteiger partial charge in [-0.15, -0.1) is 0 Å². The second-order valence-electron chi connectivity index (χ2n) is 4.03. The Bertz CT molecular complexity index is 809. The average Bonchev–Trinajstić information content (AvgIpc) is 2.38. The van der Waals surface area contributed by atoms with Crippen LogP contribution in [0, 0.1) is 3.57 Å². The van der Waals surface area contributed by atoms with Crippen LogP contribution in [0.2, 0.25) is 0 Å². The van der Waals surface area contributed by atoms with E-state index in [1.807, 2.05) is 36.4 Å². The first-order chi connectivity index (χ1) is 9.16. The zero-order chi connectivity index (χ0) is 13.4. The molecule has 0 saturated heterocycles. The lowest BCUT2D eigenvalue weighted by atomic mass is 10.2. The third-order valence-electron chi connectivity index (χ3n) is 2.81. The normalized spacial score (nSPS) is 10.8. The molecule has 0 saturated carbocycles. The second kappa shape index (κ2) is 5.05. The quantitative estimate of drug-likeness (QED) is 0.598. The molecule has 0 radical (unpaired) electrons. The Morgan fingerprint density at radius 2 is 1.89 bits per heavy atom.